The zero-order valence-corrected chi connectivity index (χ0v) is 19.0. The van der Waals surface area contributed by atoms with Gasteiger partial charge in [0, 0.05) is 37.6 Å². The minimum absolute atomic E-state index is 0.295. The van der Waals surface area contributed by atoms with Crippen molar-refractivity contribution in [2.24, 2.45) is 5.73 Å². The molecule has 1 aromatic carbocycles. The Kier molecular flexibility index (Phi) is 5.60. The lowest BCUT2D eigenvalue weighted by Gasteiger charge is -2.32. The number of hydrogen-bond donors (Lipinski definition) is 2. The molecule has 3 aliphatic rings. The third-order valence-corrected chi connectivity index (χ3v) is 7.92. The average molecular weight is 471 g/mol. The fourth-order valence-electron chi connectivity index (χ4n) is 5.68. The van der Waals surface area contributed by atoms with E-state index in [1.807, 2.05) is 6.20 Å². The molecule has 0 spiro atoms. The minimum Gasteiger partial charge on any atom is -0.383 e. The van der Waals surface area contributed by atoms with Crippen LogP contribution < -0.4 is 11.5 Å². The molecule has 3 saturated heterocycles. The van der Waals surface area contributed by atoms with Gasteiger partial charge in [-0.1, -0.05) is 18.6 Å². The summed E-state index contributed by atoms with van der Waals surface area (Å²) in [6.07, 6.45) is 8.96. The summed E-state index contributed by atoms with van der Waals surface area (Å²) >= 11 is 3.52. The molecule has 5 nitrogen and oxygen atoms in total. The number of pyridine rings is 1. The molecule has 0 aliphatic carbocycles. The fourth-order valence-corrected chi connectivity index (χ4v) is 6.03. The largest absolute Gasteiger partial charge is 0.383 e. The van der Waals surface area contributed by atoms with E-state index in [0.29, 0.717) is 17.8 Å². The fraction of sp³-hybridized carbons (Fsp3) is 0.542. The van der Waals surface area contributed by atoms with E-state index in [-0.39, 0.29) is 5.54 Å². The zero-order chi connectivity index (χ0) is 20.7. The molecule has 5 rings (SSSR count). The molecule has 0 amide bonds. The Morgan fingerprint density at radius 3 is 2.70 bits per heavy atom. The third-order valence-electron chi connectivity index (χ3n) is 7.29. The summed E-state index contributed by atoms with van der Waals surface area (Å²) in [5.41, 5.74) is 17.8. The van der Waals surface area contributed by atoms with Crippen LogP contribution in [0.25, 0.3) is 11.1 Å². The number of benzene rings is 1. The first-order chi connectivity index (χ1) is 14.5. The van der Waals surface area contributed by atoms with Crippen molar-refractivity contribution in [1.82, 2.24) is 9.88 Å². The molecular formula is C24H31BrN4O. The van der Waals surface area contributed by atoms with Crippen LogP contribution in [0.5, 0.6) is 0 Å². The van der Waals surface area contributed by atoms with E-state index in [2.05, 4.69) is 50.1 Å². The summed E-state index contributed by atoms with van der Waals surface area (Å²) in [5.74, 6) is 1.04. The minimum atomic E-state index is -0.295. The topological polar surface area (TPSA) is 77.4 Å². The lowest BCUT2D eigenvalue weighted by Crippen LogP contribution is -2.41. The standard InChI is InChI=1S/C24H31BrN4O/c25-22-12-18(14-28-23(22)26)17-4-5-20(16-6-9-30-10-7-16)21(11-17)24(27)13-19-3-1-2-8-29(19)15-24/h4-5,11-12,14,16,19H,1-3,6-10,13,15,27H2,(H2,26,28). The number of aromatic nitrogens is 1. The second-order valence-electron chi connectivity index (χ2n) is 9.26. The van der Waals surface area contributed by atoms with Gasteiger partial charge in [0.25, 0.3) is 0 Å². The number of ether oxygens (including phenoxy) is 1. The van der Waals surface area contributed by atoms with Gasteiger partial charge < -0.3 is 16.2 Å². The SMILES string of the molecule is Nc1ncc(-c2ccc(C3CCOCC3)c(C3(N)CC4CCCCN4C3)c2)cc1Br. The van der Waals surface area contributed by atoms with E-state index in [0.717, 1.165) is 54.6 Å². The summed E-state index contributed by atoms with van der Waals surface area (Å²) in [6, 6.07) is 9.55. The molecule has 0 saturated carbocycles. The van der Waals surface area contributed by atoms with Crippen molar-refractivity contribution in [3.05, 3.63) is 46.1 Å². The maximum absolute atomic E-state index is 7.23. The first kappa shape index (κ1) is 20.4. The van der Waals surface area contributed by atoms with Gasteiger partial charge in [-0.05, 0) is 89.3 Å². The van der Waals surface area contributed by atoms with E-state index in [4.69, 9.17) is 16.2 Å². The number of nitrogen functional groups attached to an aromatic ring is 1. The predicted molar refractivity (Wildman–Crippen MR) is 124 cm³/mol. The monoisotopic (exact) mass is 470 g/mol. The van der Waals surface area contributed by atoms with Crippen LogP contribution in [0.15, 0.2) is 34.9 Å². The molecule has 2 atom stereocenters. The molecule has 3 aliphatic heterocycles. The van der Waals surface area contributed by atoms with Crippen molar-refractivity contribution in [1.29, 1.82) is 0 Å². The highest BCUT2D eigenvalue weighted by Gasteiger charge is 2.44. The zero-order valence-electron chi connectivity index (χ0n) is 17.4. The van der Waals surface area contributed by atoms with Crippen LogP contribution in [0.2, 0.25) is 0 Å². The number of rotatable bonds is 3. The van der Waals surface area contributed by atoms with Gasteiger partial charge in [-0.3, -0.25) is 4.90 Å². The van der Waals surface area contributed by atoms with Crippen molar-refractivity contribution in [2.75, 3.05) is 32.0 Å². The first-order valence-electron chi connectivity index (χ1n) is 11.2. The van der Waals surface area contributed by atoms with Crippen LogP contribution >= 0.6 is 15.9 Å². The molecule has 160 valence electrons. The maximum Gasteiger partial charge on any atom is 0.137 e. The van der Waals surface area contributed by atoms with Gasteiger partial charge in [0.2, 0.25) is 0 Å². The van der Waals surface area contributed by atoms with Crippen molar-refractivity contribution in [2.45, 2.75) is 56.0 Å². The second kappa shape index (κ2) is 8.23. The van der Waals surface area contributed by atoms with Crippen LogP contribution in [0.1, 0.15) is 55.6 Å². The normalized spacial score (nSPS) is 27.9. The summed E-state index contributed by atoms with van der Waals surface area (Å²) in [5, 5.41) is 0. The van der Waals surface area contributed by atoms with E-state index in [1.54, 1.807) is 0 Å². The number of anilines is 1. The van der Waals surface area contributed by atoms with Crippen LogP contribution in [0, 0.1) is 0 Å². The van der Waals surface area contributed by atoms with Crippen molar-refractivity contribution in [3.8, 4) is 11.1 Å². The number of nitrogens with zero attached hydrogens (tertiary/aromatic N) is 2. The number of halogens is 1. The molecule has 4 N–H and O–H groups in total. The lowest BCUT2D eigenvalue weighted by atomic mass is 9.78. The Hall–Kier alpha value is -1.47. The van der Waals surface area contributed by atoms with Gasteiger partial charge in [-0.2, -0.15) is 0 Å². The Morgan fingerprint density at radius 2 is 1.93 bits per heavy atom. The van der Waals surface area contributed by atoms with Crippen LogP contribution in [-0.2, 0) is 10.3 Å². The van der Waals surface area contributed by atoms with Crippen molar-refractivity contribution < 1.29 is 4.74 Å². The van der Waals surface area contributed by atoms with Crippen molar-refractivity contribution >= 4 is 21.7 Å². The molecule has 3 fully saturated rings. The summed E-state index contributed by atoms with van der Waals surface area (Å²) in [4.78, 5) is 6.98. The molecule has 2 aromatic rings. The number of hydrogen-bond acceptors (Lipinski definition) is 5. The van der Waals surface area contributed by atoms with Gasteiger partial charge in [0.1, 0.15) is 5.82 Å². The second-order valence-corrected chi connectivity index (χ2v) is 10.1. The van der Waals surface area contributed by atoms with Gasteiger partial charge in [-0.15, -0.1) is 0 Å². The van der Waals surface area contributed by atoms with E-state index >= 15 is 0 Å². The molecule has 6 heteroatoms. The van der Waals surface area contributed by atoms with Crippen LogP contribution in [0.4, 0.5) is 5.82 Å². The Labute approximate surface area is 187 Å². The number of nitrogens with two attached hydrogens (primary N) is 2. The van der Waals surface area contributed by atoms with Gasteiger partial charge >= 0.3 is 0 Å². The predicted octanol–water partition coefficient (Wildman–Crippen LogP) is 4.40. The molecule has 0 bridgehead atoms. The highest BCUT2D eigenvalue weighted by atomic mass is 79.9. The highest BCUT2D eigenvalue weighted by molar-refractivity contribution is 9.10. The number of fused-ring (bicyclic) bond motifs is 1. The van der Waals surface area contributed by atoms with Gasteiger partial charge in [0.15, 0.2) is 0 Å². The lowest BCUT2D eigenvalue weighted by molar-refractivity contribution is 0.0849. The Morgan fingerprint density at radius 1 is 1.10 bits per heavy atom. The quantitative estimate of drug-likeness (QED) is 0.694. The Bertz CT molecular complexity index is 913. The van der Waals surface area contributed by atoms with Gasteiger partial charge in [0.05, 0.1) is 10.0 Å². The molecule has 0 radical (unpaired) electrons. The summed E-state index contributed by atoms with van der Waals surface area (Å²) in [6.45, 7) is 3.83. The third kappa shape index (κ3) is 3.79. The van der Waals surface area contributed by atoms with E-state index in [1.165, 1.54) is 36.9 Å². The first-order valence-corrected chi connectivity index (χ1v) is 12.0. The van der Waals surface area contributed by atoms with E-state index in [9.17, 15) is 0 Å². The highest BCUT2D eigenvalue weighted by Crippen LogP contribution is 2.43. The van der Waals surface area contributed by atoms with Crippen LogP contribution in [-0.4, -0.2) is 42.2 Å². The summed E-state index contributed by atoms with van der Waals surface area (Å²) in [7, 11) is 0. The number of piperidine rings is 1. The molecular weight excluding hydrogens is 440 g/mol. The van der Waals surface area contributed by atoms with E-state index < -0.39 is 0 Å². The molecule has 2 unspecified atom stereocenters. The maximum atomic E-state index is 7.23. The molecule has 4 heterocycles. The summed E-state index contributed by atoms with van der Waals surface area (Å²) < 4.78 is 6.47. The smallest absolute Gasteiger partial charge is 0.137 e. The molecule has 1 aromatic heterocycles. The van der Waals surface area contributed by atoms with Crippen molar-refractivity contribution in [3.63, 3.8) is 0 Å². The van der Waals surface area contributed by atoms with Crippen LogP contribution in [0.3, 0.4) is 0 Å². The average Bonchev–Trinajstić information content (AvgIpc) is 3.13. The van der Waals surface area contributed by atoms with Gasteiger partial charge in [-0.25, -0.2) is 4.98 Å². The Balaban J connectivity index is 1.57. The molecule has 30 heavy (non-hydrogen) atoms.